The van der Waals surface area contributed by atoms with Crippen LogP contribution in [0.25, 0.3) is 0 Å². The molecule has 0 amide bonds. The number of nitrogens with zero attached hydrogens (tertiary/aromatic N) is 10. The molecule has 0 aliphatic carbocycles. The summed E-state index contributed by atoms with van der Waals surface area (Å²) < 4.78 is 6.43. The van der Waals surface area contributed by atoms with Gasteiger partial charge in [0.15, 0.2) is 36.1 Å². The normalized spacial score (nSPS) is 10.8. The SMILES string of the molecule is O=[N+]([O-])N(CN(Cn1c(I)nc(I)c1I)[N+](=O)[O-])CN(Cn1c(I)nc(I)c1I)[N+](=O)[O-]. The third kappa shape index (κ3) is 7.20. The van der Waals surface area contributed by atoms with E-state index in [0.717, 1.165) is 0 Å². The first-order chi connectivity index (χ1) is 14.8. The molecule has 0 fully saturated rings. The fourth-order valence-electron chi connectivity index (χ4n) is 2.15. The van der Waals surface area contributed by atoms with Crippen molar-refractivity contribution in [2.45, 2.75) is 13.3 Å². The molecule has 0 atom stereocenters. The molecule has 16 nitrogen and oxygen atoms in total. The van der Waals surface area contributed by atoms with Gasteiger partial charge in [-0.25, -0.2) is 40.3 Å². The van der Waals surface area contributed by atoms with E-state index in [0.29, 0.717) is 37.5 Å². The van der Waals surface area contributed by atoms with E-state index in [1.807, 2.05) is 136 Å². The van der Waals surface area contributed by atoms with Crippen LogP contribution < -0.4 is 0 Å². The molecule has 0 saturated carbocycles. The molecule has 0 aliphatic heterocycles. The lowest BCUT2D eigenvalue weighted by Crippen LogP contribution is -2.50. The van der Waals surface area contributed by atoms with Crippen LogP contribution in [-0.4, -0.2) is 62.6 Å². The molecule has 32 heavy (non-hydrogen) atoms. The van der Waals surface area contributed by atoms with Crippen molar-refractivity contribution >= 4 is 136 Å². The molecule has 2 aromatic heterocycles. The van der Waals surface area contributed by atoms with Crippen LogP contribution in [0.3, 0.4) is 0 Å². The third-order valence-corrected chi connectivity index (χ3v) is 11.0. The molecule has 0 bridgehead atoms. The Morgan fingerprint density at radius 2 is 0.969 bits per heavy atom. The van der Waals surface area contributed by atoms with E-state index in [9.17, 15) is 30.3 Å². The summed E-state index contributed by atoms with van der Waals surface area (Å²) in [7, 11) is 0. The van der Waals surface area contributed by atoms with E-state index in [1.165, 1.54) is 9.13 Å². The smallest absolute Gasteiger partial charge is 0.212 e. The number of aromatic nitrogens is 4. The summed E-state index contributed by atoms with van der Waals surface area (Å²) in [4.78, 5) is 43.1. The van der Waals surface area contributed by atoms with Crippen molar-refractivity contribution < 1.29 is 15.1 Å². The zero-order valence-corrected chi connectivity index (χ0v) is 28.0. The Balaban J connectivity index is 2.24. The number of hydrogen-bond acceptors (Lipinski definition) is 8. The maximum absolute atomic E-state index is 11.6. The molecule has 0 saturated heterocycles. The van der Waals surface area contributed by atoms with Gasteiger partial charge >= 0.3 is 0 Å². The van der Waals surface area contributed by atoms with Crippen LogP contribution >= 0.6 is 136 Å². The molecule has 2 heterocycles. The minimum Gasteiger partial charge on any atom is -0.290 e. The molecule has 0 radical (unpaired) electrons. The Kier molecular flexibility index (Phi) is 11.1. The molecule has 0 aromatic carbocycles. The first kappa shape index (κ1) is 28.6. The summed E-state index contributed by atoms with van der Waals surface area (Å²) in [6.45, 7) is -2.28. The van der Waals surface area contributed by atoms with E-state index in [4.69, 9.17) is 0 Å². The van der Waals surface area contributed by atoms with Gasteiger partial charge < -0.3 is 0 Å². The molecule has 176 valence electrons. The molecule has 0 N–H and O–H groups in total. The largest absolute Gasteiger partial charge is 0.290 e. The zero-order chi connectivity index (χ0) is 24.3. The zero-order valence-electron chi connectivity index (χ0n) is 15.0. The second kappa shape index (κ2) is 12.4. The Morgan fingerprint density at radius 3 is 1.19 bits per heavy atom. The predicted molar refractivity (Wildman–Crippen MR) is 157 cm³/mol. The summed E-state index contributed by atoms with van der Waals surface area (Å²) in [6.07, 6.45) is 0. The minimum atomic E-state index is -0.909. The van der Waals surface area contributed by atoms with Crippen LogP contribution in [0.1, 0.15) is 0 Å². The number of nitro groups is 3. The average Bonchev–Trinajstić information content (AvgIpc) is 3.07. The number of imidazole rings is 2. The first-order valence-electron chi connectivity index (χ1n) is 7.65. The number of rotatable bonds is 11. The lowest BCUT2D eigenvalue weighted by Gasteiger charge is -2.23. The van der Waals surface area contributed by atoms with Gasteiger partial charge in [0, 0.05) is 45.2 Å². The maximum Gasteiger partial charge on any atom is 0.212 e. The van der Waals surface area contributed by atoms with Crippen molar-refractivity contribution in [1.29, 1.82) is 0 Å². The Bertz CT molecular complexity index is 972. The summed E-state index contributed by atoms with van der Waals surface area (Å²) >= 11 is 11.7. The summed E-state index contributed by atoms with van der Waals surface area (Å²) in [5, 5.41) is 33.8. The highest BCUT2D eigenvalue weighted by Gasteiger charge is 2.32. The third-order valence-electron chi connectivity index (χ3n) is 3.60. The maximum atomic E-state index is 11.6. The second-order valence-electron chi connectivity index (χ2n) is 5.58. The van der Waals surface area contributed by atoms with E-state index in [-0.39, 0.29) is 13.3 Å². The van der Waals surface area contributed by atoms with Gasteiger partial charge in [0.2, 0.25) is 13.3 Å². The Labute approximate surface area is 260 Å². The van der Waals surface area contributed by atoms with E-state index < -0.39 is 28.4 Å². The van der Waals surface area contributed by atoms with E-state index >= 15 is 0 Å². The summed E-state index contributed by atoms with van der Waals surface area (Å²) in [6, 6.07) is 0. The van der Waals surface area contributed by atoms with Gasteiger partial charge in [-0.15, -0.1) is 0 Å². The van der Waals surface area contributed by atoms with Crippen LogP contribution in [0.5, 0.6) is 0 Å². The molecular formula is C10H8I6N10O6. The predicted octanol–water partition coefficient (Wildman–Crippen LogP) is 2.72. The van der Waals surface area contributed by atoms with Gasteiger partial charge in [0.1, 0.15) is 14.8 Å². The van der Waals surface area contributed by atoms with Crippen LogP contribution in [0.2, 0.25) is 0 Å². The van der Waals surface area contributed by atoms with E-state index in [2.05, 4.69) is 9.97 Å². The fourth-order valence-corrected chi connectivity index (χ4v) is 7.31. The van der Waals surface area contributed by atoms with E-state index in [1.54, 1.807) is 0 Å². The van der Waals surface area contributed by atoms with Gasteiger partial charge in [-0.05, 0) is 90.4 Å². The topological polar surface area (TPSA) is 175 Å². The Morgan fingerprint density at radius 1 is 0.656 bits per heavy atom. The second-order valence-corrected chi connectivity index (χ2v) is 11.6. The van der Waals surface area contributed by atoms with Gasteiger partial charge in [-0.2, -0.15) is 0 Å². The van der Waals surface area contributed by atoms with Crippen molar-refractivity contribution in [3.63, 3.8) is 0 Å². The van der Waals surface area contributed by atoms with Gasteiger partial charge in [-0.3, -0.25) is 9.13 Å². The van der Waals surface area contributed by atoms with Crippen molar-refractivity contribution in [2.24, 2.45) is 0 Å². The van der Waals surface area contributed by atoms with Gasteiger partial charge in [0.05, 0.1) is 0 Å². The van der Waals surface area contributed by atoms with Gasteiger partial charge in [0.25, 0.3) is 0 Å². The Hall–Kier alpha value is 0.400. The number of halogens is 6. The molecule has 0 unspecified atom stereocenters. The molecule has 22 heteroatoms. The first-order valence-corrected chi connectivity index (χ1v) is 14.1. The van der Waals surface area contributed by atoms with Crippen molar-refractivity contribution in [3.8, 4) is 0 Å². The van der Waals surface area contributed by atoms with Crippen molar-refractivity contribution in [2.75, 3.05) is 13.3 Å². The van der Waals surface area contributed by atoms with Crippen molar-refractivity contribution in [3.05, 3.63) is 52.8 Å². The lowest BCUT2D eigenvalue weighted by atomic mass is 10.7. The highest BCUT2D eigenvalue weighted by atomic mass is 127. The highest BCUT2D eigenvalue weighted by molar-refractivity contribution is 14.1. The molecule has 2 rings (SSSR count). The summed E-state index contributed by atoms with van der Waals surface area (Å²) in [5.74, 6) is 0. The fraction of sp³-hybridized carbons (Fsp3) is 0.400. The highest BCUT2D eigenvalue weighted by Crippen LogP contribution is 2.20. The van der Waals surface area contributed by atoms with Crippen LogP contribution in [0.15, 0.2) is 0 Å². The average molecular weight is 1130 g/mol. The number of hydrazine groups is 3. The molecular weight excluding hydrogens is 1120 g/mol. The van der Waals surface area contributed by atoms with Gasteiger partial charge in [-0.1, -0.05) is 15.0 Å². The van der Waals surface area contributed by atoms with Crippen LogP contribution in [0, 0.1) is 52.8 Å². The minimum absolute atomic E-state index is 0.335. The van der Waals surface area contributed by atoms with Crippen molar-refractivity contribution in [1.82, 2.24) is 34.1 Å². The number of hydrogen-bond donors (Lipinski definition) is 0. The van der Waals surface area contributed by atoms with Crippen LogP contribution in [0.4, 0.5) is 0 Å². The molecule has 2 aromatic rings. The quantitative estimate of drug-likeness (QED) is 0.140. The molecule has 0 aliphatic rings. The standard InChI is InChI=1S/C10H8I6N10O6/c11-5-7(13)22(9(15)17-5)3-20(25(29)30)1-19(24(27)28)2-21(26(31)32)4-23-8(14)6(12)18-10(23)16/h1-4H2. The molecule has 0 spiro atoms. The summed E-state index contributed by atoms with van der Waals surface area (Å²) in [5.41, 5.74) is 0. The van der Waals surface area contributed by atoms with Crippen LogP contribution in [-0.2, 0) is 13.3 Å². The lowest BCUT2D eigenvalue weighted by molar-refractivity contribution is -0.741. The monoisotopic (exact) mass is 1130 g/mol.